The van der Waals surface area contributed by atoms with Gasteiger partial charge in [0.25, 0.3) is 0 Å². The molecule has 0 saturated heterocycles. The zero-order valence-electron chi connectivity index (χ0n) is 11.5. The van der Waals surface area contributed by atoms with Crippen molar-refractivity contribution in [3.63, 3.8) is 0 Å². The van der Waals surface area contributed by atoms with Crippen LogP contribution in [0.4, 0.5) is 0 Å². The number of benzene rings is 1. The normalized spacial score (nSPS) is 10.5. The van der Waals surface area contributed by atoms with Crippen molar-refractivity contribution in [1.29, 1.82) is 0 Å². The van der Waals surface area contributed by atoms with Crippen LogP contribution in [0.5, 0.6) is 5.75 Å². The number of hydrogen-bond acceptors (Lipinski definition) is 5. The fraction of sp³-hybridized carbons (Fsp3) is 0.133. The number of rotatable bonds is 5. The van der Waals surface area contributed by atoms with Gasteiger partial charge in [-0.2, -0.15) is 0 Å². The number of ether oxygens (including phenoxy) is 1. The van der Waals surface area contributed by atoms with E-state index in [2.05, 4.69) is 20.2 Å². The summed E-state index contributed by atoms with van der Waals surface area (Å²) in [5.74, 6) is 2.41. The van der Waals surface area contributed by atoms with Crippen molar-refractivity contribution in [3.05, 3.63) is 54.4 Å². The molecule has 0 aliphatic carbocycles. The quantitative estimate of drug-likeness (QED) is 0.733. The summed E-state index contributed by atoms with van der Waals surface area (Å²) < 4.78 is 5.14. The van der Waals surface area contributed by atoms with E-state index in [1.165, 1.54) is 5.56 Å². The molecule has 0 unspecified atom stereocenters. The number of aromatic amines is 1. The summed E-state index contributed by atoms with van der Waals surface area (Å²) in [7, 11) is 1.65. The van der Waals surface area contributed by atoms with Crippen molar-refractivity contribution >= 4 is 11.8 Å². The largest absolute Gasteiger partial charge is 0.497 e. The lowest BCUT2D eigenvalue weighted by atomic mass is 10.2. The van der Waals surface area contributed by atoms with Crippen LogP contribution in [-0.2, 0) is 5.75 Å². The Morgan fingerprint density at radius 1 is 1.10 bits per heavy atom. The summed E-state index contributed by atoms with van der Waals surface area (Å²) in [5.41, 5.74) is 2.19. The molecule has 2 aromatic heterocycles. The molecule has 0 radical (unpaired) electrons. The molecular formula is C15H14N4OS. The van der Waals surface area contributed by atoms with E-state index in [9.17, 15) is 0 Å². The Hall–Kier alpha value is -2.34. The Morgan fingerprint density at radius 2 is 1.86 bits per heavy atom. The predicted molar refractivity (Wildman–Crippen MR) is 82.2 cm³/mol. The lowest BCUT2D eigenvalue weighted by molar-refractivity contribution is 0.415. The van der Waals surface area contributed by atoms with E-state index in [1.54, 1.807) is 31.3 Å². The van der Waals surface area contributed by atoms with Gasteiger partial charge >= 0.3 is 0 Å². The highest BCUT2D eigenvalue weighted by molar-refractivity contribution is 7.98. The molecule has 21 heavy (non-hydrogen) atoms. The summed E-state index contributed by atoms with van der Waals surface area (Å²) >= 11 is 1.59. The van der Waals surface area contributed by atoms with E-state index in [1.807, 2.05) is 36.4 Å². The van der Waals surface area contributed by atoms with Crippen molar-refractivity contribution < 1.29 is 4.74 Å². The molecule has 0 amide bonds. The fourth-order valence-electron chi connectivity index (χ4n) is 1.82. The summed E-state index contributed by atoms with van der Waals surface area (Å²) in [4.78, 5) is 8.49. The molecule has 3 aromatic rings. The number of H-pyrrole nitrogens is 1. The molecule has 5 nitrogen and oxygen atoms in total. The Labute approximate surface area is 126 Å². The van der Waals surface area contributed by atoms with Crippen LogP contribution in [0, 0.1) is 0 Å². The molecule has 0 spiro atoms. The topological polar surface area (TPSA) is 63.7 Å². The molecule has 106 valence electrons. The van der Waals surface area contributed by atoms with E-state index in [-0.39, 0.29) is 0 Å². The first-order valence-electron chi connectivity index (χ1n) is 6.43. The van der Waals surface area contributed by atoms with Gasteiger partial charge in [0.1, 0.15) is 5.75 Å². The number of nitrogens with zero attached hydrogens (tertiary/aromatic N) is 3. The van der Waals surface area contributed by atoms with Crippen LogP contribution in [0.25, 0.3) is 11.4 Å². The Balaban J connectivity index is 1.68. The molecule has 2 heterocycles. The predicted octanol–water partition coefficient (Wildman–Crippen LogP) is 3.17. The summed E-state index contributed by atoms with van der Waals surface area (Å²) in [6, 6.07) is 11.7. The summed E-state index contributed by atoms with van der Waals surface area (Å²) in [6.07, 6.45) is 3.58. The number of methoxy groups -OCH3 is 1. The molecule has 1 aromatic carbocycles. The van der Waals surface area contributed by atoms with E-state index in [4.69, 9.17) is 4.74 Å². The van der Waals surface area contributed by atoms with Gasteiger partial charge in [0.15, 0.2) is 5.82 Å². The molecule has 0 atom stereocenters. The number of thioether (sulfide) groups is 1. The Morgan fingerprint density at radius 3 is 2.57 bits per heavy atom. The Bertz CT molecular complexity index is 697. The molecule has 3 rings (SSSR count). The summed E-state index contributed by atoms with van der Waals surface area (Å²) in [5, 5.41) is 7.92. The maximum absolute atomic E-state index is 5.14. The van der Waals surface area contributed by atoms with Crippen LogP contribution in [0.3, 0.4) is 0 Å². The third kappa shape index (κ3) is 3.41. The minimum Gasteiger partial charge on any atom is -0.497 e. The van der Waals surface area contributed by atoms with Crippen LogP contribution in [0.1, 0.15) is 5.56 Å². The van der Waals surface area contributed by atoms with Gasteiger partial charge in [0.2, 0.25) is 5.16 Å². The first-order chi connectivity index (χ1) is 10.3. The SMILES string of the molecule is COc1ccc(-c2nc(SCc3ccncc3)n[nH]2)cc1. The third-order valence-corrected chi connectivity index (χ3v) is 3.86. The molecule has 0 aliphatic rings. The van der Waals surface area contributed by atoms with Gasteiger partial charge in [-0.3, -0.25) is 10.1 Å². The maximum Gasteiger partial charge on any atom is 0.209 e. The van der Waals surface area contributed by atoms with E-state index < -0.39 is 0 Å². The molecule has 0 saturated carbocycles. The molecule has 6 heteroatoms. The molecule has 1 N–H and O–H groups in total. The minimum atomic E-state index is 0.734. The van der Waals surface area contributed by atoms with Gasteiger partial charge in [-0.1, -0.05) is 11.8 Å². The van der Waals surface area contributed by atoms with Crippen molar-refractivity contribution in [1.82, 2.24) is 20.2 Å². The zero-order valence-corrected chi connectivity index (χ0v) is 12.3. The standard InChI is InChI=1S/C15H14N4OS/c1-20-13-4-2-12(3-5-13)14-17-15(19-18-14)21-10-11-6-8-16-9-7-11/h2-9H,10H2,1H3,(H,17,18,19). The molecular weight excluding hydrogens is 284 g/mol. The second-order valence-electron chi connectivity index (χ2n) is 4.34. The van der Waals surface area contributed by atoms with Gasteiger partial charge < -0.3 is 4.74 Å². The van der Waals surface area contributed by atoms with Crippen LogP contribution in [-0.4, -0.2) is 27.3 Å². The number of pyridine rings is 1. The minimum absolute atomic E-state index is 0.734. The van der Waals surface area contributed by atoms with E-state index in [0.717, 1.165) is 28.0 Å². The summed E-state index contributed by atoms with van der Waals surface area (Å²) in [6.45, 7) is 0. The Kier molecular flexibility index (Phi) is 4.16. The second kappa shape index (κ2) is 6.41. The smallest absolute Gasteiger partial charge is 0.209 e. The van der Waals surface area contributed by atoms with Crippen molar-refractivity contribution in [2.75, 3.05) is 7.11 Å². The lowest BCUT2D eigenvalue weighted by Gasteiger charge is -1.99. The second-order valence-corrected chi connectivity index (χ2v) is 5.28. The van der Waals surface area contributed by atoms with Crippen LogP contribution < -0.4 is 4.74 Å². The fourth-order valence-corrected chi connectivity index (χ4v) is 2.57. The van der Waals surface area contributed by atoms with Crippen LogP contribution >= 0.6 is 11.8 Å². The molecule has 0 bridgehead atoms. The lowest BCUT2D eigenvalue weighted by Crippen LogP contribution is -1.84. The van der Waals surface area contributed by atoms with Gasteiger partial charge in [-0.25, -0.2) is 4.98 Å². The average molecular weight is 298 g/mol. The highest BCUT2D eigenvalue weighted by atomic mass is 32.2. The van der Waals surface area contributed by atoms with E-state index in [0.29, 0.717) is 0 Å². The van der Waals surface area contributed by atoms with Crippen molar-refractivity contribution in [3.8, 4) is 17.1 Å². The van der Waals surface area contributed by atoms with Crippen LogP contribution in [0.15, 0.2) is 53.9 Å². The van der Waals surface area contributed by atoms with Gasteiger partial charge in [0.05, 0.1) is 7.11 Å². The van der Waals surface area contributed by atoms with Gasteiger partial charge in [-0.05, 0) is 42.0 Å². The maximum atomic E-state index is 5.14. The first-order valence-corrected chi connectivity index (χ1v) is 7.42. The molecule has 0 fully saturated rings. The van der Waals surface area contributed by atoms with Gasteiger partial charge in [0, 0.05) is 23.7 Å². The average Bonchev–Trinajstić information content (AvgIpc) is 3.03. The third-order valence-electron chi connectivity index (χ3n) is 2.95. The van der Waals surface area contributed by atoms with Gasteiger partial charge in [-0.15, -0.1) is 5.10 Å². The first kappa shape index (κ1) is 13.6. The highest BCUT2D eigenvalue weighted by Crippen LogP contribution is 2.23. The highest BCUT2D eigenvalue weighted by Gasteiger charge is 2.06. The number of nitrogens with one attached hydrogen (secondary N) is 1. The number of hydrogen-bond donors (Lipinski definition) is 1. The zero-order chi connectivity index (χ0) is 14.5. The number of aromatic nitrogens is 4. The van der Waals surface area contributed by atoms with E-state index >= 15 is 0 Å². The van der Waals surface area contributed by atoms with Crippen LogP contribution in [0.2, 0.25) is 0 Å². The monoisotopic (exact) mass is 298 g/mol. The molecule has 0 aliphatic heterocycles. The van der Waals surface area contributed by atoms with Crippen molar-refractivity contribution in [2.45, 2.75) is 10.9 Å². The van der Waals surface area contributed by atoms with Crippen molar-refractivity contribution in [2.24, 2.45) is 0 Å².